The number of alkyl halides is 3. The van der Waals surface area contributed by atoms with Crippen LogP contribution in [-0.2, 0) is 37.6 Å². The average Bonchev–Trinajstić information content (AvgIpc) is 3.03. The first-order chi connectivity index (χ1) is 20.1. The van der Waals surface area contributed by atoms with E-state index in [0.717, 1.165) is 35.6 Å². The van der Waals surface area contributed by atoms with E-state index in [0.29, 0.717) is 17.0 Å². The van der Waals surface area contributed by atoms with E-state index in [9.17, 15) is 48.4 Å². The molecule has 236 valence electrons. The lowest BCUT2D eigenvalue weighted by Gasteiger charge is -2.28. The summed E-state index contributed by atoms with van der Waals surface area (Å²) in [5, 5.41) is 2.90. The van der Waals surface area contributed by atoms with E-state index >= 15 is 0 Å². The first kappa shape index (κ1) is 32.7. The molecule has 1 saturated heterocycles. The summed E-state index contributed by atoms with van der Waals surface area (Å²) in [4.78, 5) is 28.3. The van der Waals surface area contributed by atoms with Crippen LogP contribution >= 0.6 is 0 Å². The van der Waals surface area contributed by atoms with Crippen LogP contribution in [-0.4, -0.2) is 51.7 Å². The number of carbonyl (C=O) groups is 2. The van der Waals surface area contributed by atoms with Crippen molar-refractivity contribution in [3.05, 3.63) is 83.4 Å². The average molecular weight is 661 g/mol. The molecule has 0 unspecified atom stereocenters. The van der Waals surface area contributed by atoms with Crippen molar-refractivity contribution < 1.29 is 48.4 Å². The molecule has 3 aromatic rings. The maximum Gasteiger partial charge on any atom is 0.419 e. The van der Waals surface area contributed by atoms with Gasteiger partial charge in [-0.15, -0.1) is 0 Å². The van der Waals surface area contributed by atoms with Crippen molar-refractivity contribution in [2.75, 3.05) is 26.4 Å². The van der Waals surface area contributed by atoms with E-state index in [4.69, 9.17) is 0 Å². The highest BCUT2D eigenvalue weighted by Crippen LogP contribution is 2.38. The molecule has 3 amide bonds. The van der Waals surface area contributed by atoms with Crippen molar-refractivity contribution in [1.29, 1.82) is 0 Å². The fraction of sp³-hybridized carbons (Fsp3) is 0.259. The molecule has 1 aliphatic rings. The minimum atomic E-state index is -5.08. The maximum atomic E-state index is 14.3. The number of hydrogen-bond donors (Lipinski definition) is 1. The van der Waals surface area contributed by atoms with Gasteiger partial charge < -0.3 is 10.2 Å². The maximum absolute atomic E-state index is 14.3. The second-order valence-corrected chi connectivity index (χ2v) is 14.3. The summed E-state index contributed by atoms with van der Waals surface area (Å²) >= 11 is 0. The van der Waals surface area contributed by atoms with Crippen LogP contribution in [0, 0.1) is 11.6 Å². The Morgan fingerprint density at radius 2 is 1.45 bits per heavy atom. The van der Waals surface area contributed by atoms with Gasteiger partial charge in [-0.2, -0.15) is 16.9 Å². The Kier molecular flexibility index (Phi) is 8.19. The summed E-state index contributed by atoms with van der Waals surface area (Å²) < 4.78 is 117. The molecule has 0 atom stereocenters. The highest BCUT2D eigenvalue weighted by atomic mass is 32.3. The van der Waals surface area contributed by atoms with E-state index < -0.39 is 66.6 Å². The summed E-state index contributed by atoms with van der Waals surface area (Å²) in [7, 11) is -8.40. The second-order valence-electron chi connectivity index (χ2n) is 10.4. The quantitative estimate of drug-likeness (QED) is 0.260. The number of amides is 3. The molecular weight excluding hydrogens is 635 g/mol. The van der Waals surface area contributed by atoms with Gasteiger partial charge in [0.15, 0.2) is 0 Å². The predicted molar refractivity (Wildman–Crippen MR) is 152 cm³/mol. The fourth-order valence-electron chi connectivity index (χ4n) is 4.62. The molecule has 44 heavy (non-hydrogen) atoms. The lowest BCUT2D eigenvalue weighted by Crippen LogP contribution is -2.43. The lowest BCUT2D eigenvalue weighted by molar-refractivity contribution is -0.140. The van der Waals surface area contributed by atoms with Crippen molar-refractivity contribution in [1.82, 2.24) is 4.90 Å². The van der Waals surface area contributed by atoms with Gasteiger partial charge in [0.05, 0.1) is 36.0 Å². The molecule has 0 aromatic heterocycles. The molecule has 0 aliphatic carbocycles. The van der Waals surface area contributed by atoms with Gasteiger partial charge in [0.25, 0.3) is 5.91 Å². The molecule has 1 N–H and O–H groups in total. The molecule has 1 heterocycles. The van der Waals surface area contributed by atoms with Crippen molar-refractivity contribution in [2.24, 2.45) is 0 Å². The SMILES string of the molecule is CC1(C)C(=O)N(c2ccc(F)c(C(F)(F)F)c2)C(=O)N1Cc1ccc(F)cc1Nc1ccc(N(S(C)(=O)=O)S(C)(=O)=O)cc1. The van der Waals surface area contributed by atoms with Gasteiger partial charge in [-0.1, -0.05) is 6.07 Å². The standard InChI is InChI=1S/C27H25F5N4O6S2/c1-26(2)24(37)35(20-11-12-22(29)21(14-20)27(30,31)32)25(38)34(26)15-16-5-6-17(28)13-23(16)33-18-7-9-19(10-8-18)36(43(3,39)40)44(4,41)42/h5-14,33H,15H2,1-4H3. The molecule has 3 aromatic carbocycles. The highest BCUT2D eigenvalue weighted by Gasteiger charge is 2.52. The van der Waals surface area contributed by atoms with Gasteiger partial charge in [-0.3, -0.25) is 4.79 Å². The summed E-state index contributed by atoms with van der Waals surface area (Å²) in [6, 6.07) is 9.29. The van der Waals surface area contributed by atoms with Gasteiger partial charge in [0, 0.05) is 11.4 Å². The number of anilines is 4. The minimum Gasteiger partial charge on any atom is -0.355 e. The first-order valence-electron chi connectivity index (χ1n) is 12.5. The van der Waals surface area contributed by atoms with E-state index in [1.807, 2.05) is 0 Å². The van der Waals surface area contributed by atoms with Crippen LogP contribution < -0.4 is 13.9 Å². The van der Waals surface area contributed by atoms with Crippen LogP contribution in [0.3, 0.4) is 0 Å². The summed E-state index contributed by atoms with van der Waals surface area (Å²) in [6.45, 7) is 2.41. The van der Waals surface area contributed by atoms with Crippen molar-refractivity contribution in [3.8, 4) is 0 Å². The number of rotatable bonds is 8. The van der Waals surface area contributed by atoms with Crippen LogP contribution in [0.4, 0.5) is 49.5 Å². The van der Waals surface area contributed by atoms with Crippen LogP contribution in [0.1, 0.15) is 25.0 Å². The molecule has 1 fully saturated rings. The molecular formula is C27H25F5N4O6S2. The molecule has 0 radical (unpaired) electrons. The lowest BCUT2D eigenvalue weighted by atomic mass is 10.0. The van der Waals surface area contributed by atoms with Crippen molar-refractivity contribution in [2.45, 2.75) is 32.1 Å². The fourth-order valence-corrected chi connectivity index (χ4v) is 7.60. The van der Waals surface area contributed by atoms with Gasteiger partial charge in [0.1, 0.15) is 17.2 Å². The Balaban J connectivity index is 1.66. The Bertz CT molecular complexity index is 1830. The Morgan fingerprint density at radius 3 is 2.00 bits per heavy atom. The third kappa shape index (κ3) is 6.33. The van der Waals surface area contributed by atoms with Crippen LogP contribution in [0.5, 0.6) is 0 Å². The number of benzene rings is 3. The number of hydrogen-bond acceptors (Lipinski definition) is 7. The second kappa shape index (κ2) is 11.0. The zero-order chi connectivity index (χ0) is 33.0. The zero-order valence-corrected chi connectivity index (χ0v) is 25.1. The number of halogens is 5. The molecule has 1 aliphatic heterocycles. The molecule has 0 saturated carbocycles. The van der Waals surface area contributed by atoms with E-state index in [2.05, 4.69) is 5.32 Å². The van der Waals surface area contributed by atoms with E-state index in [1.54, 1.807) is 0 Å². The van der Waals surface area contributed by atoms with Gasteiger partial charge in [-0.05, 0) is 74.0 Å². The monoisotopic (exact) mass is 660 g/mol. The number of urea groups is 1. The van der Waals surface area contributed by atoms with E-state index in [-0.39, 0.29) is 32.9 Å². The molecule has 4 rings (SSSR count). The molecule has 0 spiro atoms. The molecule has 0 bridgehead atoms. The molecule has 17 heteroatoms. The largest absolute Gasteiger partial charge is 0.419 e. The van der Waals surface area contributed by atoms with Gasteiger partial charge in [0.2, 0.25) is 20.0 Å². The smallest absolute Gasteiger partial charge is 0.355 e. The normalized spacial score (nSPS) is 15.6. The number of carbonyl (C=O) groups excluding carboxylic acids is 2. The van der Waals surface area contributed by atoms with E-state index in [1.165, 1.54) is 44.2 Å². The summed E-state index contributed by atoms with van der Waals surface area (Å²) in [5.74, 6) is -3.15. The topological polar surface area (TPSA) is 124 Å². The van der Waals surface area contributed by atoms with Crippen LogP contribution in [0.25, 0.3) is 0 Å². The highest BCUT2D eigenvalue weighted by molar-refractivity contribution is 8.09. The number of sulfonamides is 2. The van der Waals surface area contributed by atoms with Crippen molar-refractivity contribution >= 4 is 54.7 Å². The van der Waals surface area contributed by atoms with Crippen LogP contribution in [0.15, 0.2) is 60.7 Å². The predicted octanol–water partition coefficient (Wildman–Crippen LogP) is 5.20. The zero-order valence-electron chi connectivity index (χ0n) is 23.5. The third-order valence-electron chi connectivity index (χ3n) is 6.70. The minimum absolute atomic E-state index is 0.108. The summed E-state index contributed by atoms with van der Waals surface area (Å²) in [5.41, 5.74) is -3.27. The number of nitrogens with zero attached hydrogens (tertiary/aromatic N) is 3. The molecule has 10 nitrogen and oxygen atoms in total. The third-order valence-corrected chi connectivity index (χ3v) is 9.95. The summed E-state index contributed by atoms with van der Waals surface area (Å²) in [6.07, 6.45) is -3.64. The number of imide groups is 1. The Labute approximate surface area is 249 Å². The van der Waals surface area contributed by atoms with Crippen molar-refractivity contribution in [3.63, 3.8) is 0 Å². The Hall–Kier alpha value is -4.25. The van der Waals surface area contributed by atoms with Crippen LogP contribution in [0.2, 0.25) is 0 Å². The Morgan fingerprint density at radius 1 is 0.864 bits per heavy atom. The van der Waals surface area contributed by atoms with Gasteiger partial charge >= 0.3 is 12.2 Å². The van der Waals surface area contributed by atoms with Gasteiger partial charge in [-0.25, -0.2) is 35.3 Å². The first-order valence-corrected chi connectivity index (χ1v) is 16.2. The number of nitrogens with one attached hydrogen (secondary N) is 1.